The lowest BCUT2D eigenvalue weighted by molar-refractivity contribution is -0.133. The average molecular weight is 408 g/mol. The first kappa shape index (κ1) is 19.3. The number of carbonyl (C=O) groups excluding carboxylic acids is 1. The van der Waals surface area contributed by atoms with Crippen LogP contribution in [0.3, 0.4) is 0 Å². The quantitative estimate of drug-likeness (QED) is 0.669. The molecular formula is C23H29N5O2. The van der Waals surface area contributed by atoms with Crippen molar-refractivity contribution in [3.05, 3.63) is 40.8 Å². The molecule has 5 rings (SSSR count). The Balaban J connectivity index is 1.38. The number of hydrogen-bond donors (Lipinski definition) is 0. The molecule has 0 atom stereocenters. The van der Waals surface area contributed by atoms with Gasteiger partial charge >= 0.3 is 0 Å². The van der Waals surface area contributed by atoms with Gasteiger partial charge in [0.15, 0.2) is 0 Å². The number of aromatic nitrogens is 3. The third-order valence-corrected chi connectivity index (χ3v) is 6.92. The van der Waals surface area contributed by atoms with Crippen LogP contribution in [0.25, 0.3) is 21.8 Å². The Morgan fingerprint density at radius 3 is 2.53 bits per heavy atom. The lowest BCUT2D eigenvalue weighted by atomic mass is 9.94. The minimum atomic E-state index is -0.168. The van der Waals surface area contributed by atoms with Gasteiger partial charge in [0.2, 0.25) is 5.91 Å². The number of nitrogens with zero attached hydrogens (tertiary/aromatic N) is 5. The van der Waals surface area contributed by atoms with E-state index < -0.39 is 0 Å². The summed E-state index contributed by atoms with van der Waals surface area (Å²) in [4.78, 5) is 30.6. The molecule has 1 amide bonds. The molecule has 1 saturated carbocycles. The molecule has 1 aromatic carbocycles. The summed E-state index contributed by atoms with van der Waals surface area (Å²) >= 11 is 0. The molecule has 0 N–H and O–H groups in total. The third-order valence-electron chi connectivity index (χ3n) is 6.92. The zero-order valence-corrected chi connectivity index (χ0v) is 17.6. The first-order valence-corrected chi connectivity index (χ1v) is 11.1. The van der Waals surface area contributed by atoms with Gasteiger partial charge in [0.1, 0.15) is 12.1 Å². The second kappa shape index (κ2) is 7.87. The Morgan fingerprint density at radius 2 is 1.77 bits per heavy atom. The van der Waals surface area contributed by atoms with Crippen LogP contribution in [0, 0.1) is 0 Å². The number of carbonyl (C=O) groups is 1. The van der Waals surface area contributed by atoms with Gasteiger partial charge in [-0.3, -0.25) is 14.5 Å². The highest BCUT2D eigenvalue weighted by molar-refractivity contribution is 6.07. The van der Waals surface area contributed by atoms with Crippen LogP contribution in [0.2, 0.25) is 0 Å². The summed E-state index contributed by atoms with van der Waals surface area (Å²) in [6, 6.07) is 8.56. The maximum atomic E-state index is 13.2. The minimum Gasteiger partial charge on any atom is -0.339 e. The molecule has 3 aromatic rings. The number of benzene rings is 1. The van der Waals surface area contributed by atoms with E-state index in [0.29, 0.717) is 11.6 Å². The predicted octanol–water partition coefficient (Wildman–Crippen LogP) is 2.37. The molecule has 7 nitrogen and oxygen atoms in total. The van der Waals surface area contributed by atoms with Crippen molar-refractivity contribution in [2.75, 3.05) is 26.2 Å². The van der Waals surface area contributed by atoms with Crippen LogP contribution in [0.15, 0.2) is 35.3 Å². The van der Waals surface area contributed by atoms with Gasteiger partial charge in [-0.1, -0.05) is 37.5 Å². The van der Waals surface area contributed by atoms with E-state index in [4.69, 9.17) is 0 Å². The summed E-state index contributed by atoms with van der Waals surface area (Å²) in [5.74, 6) is 0.0832. The third kappa shape index (κ3) is 3.31. The predicted molar refractivity (Wildman–Crippen MR) is 118 cm³/mol. The molecule has 1 saturated heterocycles. The molecule has 3 heterocycles. The number of para-hydroxylation sites is 1. The molecule has 0 unspecified atom stereocenters. The highest BCUT2D eigenvalue weighted by Gasteiger charge is 2.27. The molecule has 2 aromatic heterocycles. The van der Waals surface area contributed by atoms with Crippen LogP contribution in [-0.4, -0.2) is 62.3 Å². The van der Waals surface area contributed by atoms with Crippen molar-refractivity contribution in [1.82, 2.24) is 24.1 Å². The van der Waals surface area contributed by atoms with Crippen LogP contribution in [0.4, 0.5) is 0 Å². The smallest absolute Gasteiger partial charge is 0.291 e. The van der Waals surface area contributed by atoms with E-state index in [2.05, 4.69) is 10.00 Å². The standard InChI is InChI=1S/C23H29N5O2/c1-25-23(30)22-19(15-24-25)18-9-5-6-10-20(18)28(22)16-21(29)27-13-11-26(12-14-27)17-7-3-2-4-8-17/h5-6,9-10,15,17H,2-4,7-8,11-14,16H2,1H3. The Bertz CT molecular complexity index is 1130. The van der Waals surface area contributed by atoms with E-state index >= 15 is 0 Å². The van der Waals surface area contributed by atoms with Crippen molar-refractivity contribution in [1.29, 1.82) is 0 Å². The SMILES string of the molecule is Cn1ncc2c3ccccc3n(CC(=O)N3CCN(C4CCCCC4)CC3)c2c1=O. The van der Waals surface area contributed by atoms with Crippen LogP contribution in [0.1, 0.15) is 32.1 Å². The van der Waals surface area contributed by atoms with Gasteiger partial charge in [0, 0.05) is 55.6 Å². The largest absolute Gasteiger partial charge is 0.339 e. The van der Waals surface area contributed by atoms with Crippen molar-refractivity contribution in [2.24, 2.45) is 7.05 Å². The van der Waals surface area contributed by atoms with E-state index in [-0.39, 0.29) is 18.0 Å². The molecule has 2 fully saturated rings. The number of aryl methyl sites for hydroxylation is 1. The lowest BCUT2D eigenvalue weighted by Gasteiger charge is -2.40. The number of hydrogen-bond acceptors (Lipinski definition) is 4. The van der Waals surface area contributed by atoms with Gasteiger partial charge in [-0.05, 0) is 18.9 Å². The Morgan fingerprint density at radius 1 is 1.03 bits per heavy atom. The molecule has 7 heteroatoms. The topological polar surface area (TPSA) is 63.4 Å². The Labute approximate surface area is 175 Å². The molecule has 1 aliphatic carbocycles. The van der Waals surface area contributed by atoms with E-state index in [1.165, 1.54) is 36.8 Å². The number of rotatable bonds is 3. The molecule has 2 aliphatic rings. The molecule has 0 bridgehead atoms. The molecule has 1 aliphatic heterocycles. The summed E-state index contributed by atoms with van der Waals surface area (Å²) in [7, 11) is 1.65. The van der Waals surface area contributed by atoms with Gasteiger partial charge in [-0.15, -0.1) is 0 Å². The summed E-state index contributed by atoms with van der Waals surface area (Å²) in [5.41, 5.74) is 1.30. The summed E-state index contributed by atoms with van der Waals surface area (Å²) in [5, 5.41) is 5.96. The normalized spacial score (nSPS) is 19.0. The fourth-order valence-electron chi connectivity index (χ4n) is 5.22. The number of piperazine rings is 1. The second-order valence-electron chi connectivity index (χ2n) is 8.65. The van der Waals surface area contributed by atoms with E-state index in [1.807, 2.05) is 33.7 Å². The van der Waals surface area contributed by atoms with Crippen LogP contribution in [-0.2, 0) is 18.4 Å². The first-order chi connectivity index (χ1) is 14.6. The molecule has 158 valence electrons. The molecule has 0 radical (unpaired) electrons. The van der Waals surface area contributed by atoms with Crippen molar-refractivity contribution in [3.8, 4) is 0 Å². The second-order valence-corrected chi connectivity index (χ2v) is 8.65. The zero-order chi connectivity index (χ0) is 20.7. The Kier molecular flexibility index (Phi) is 5.06. The molecule has 0 spiro atoms. The number of amides is 1. The van der Waals surface area contributed by atoms with Crippen LogP contribution >= 0.6 is 0 Å². The number of fused-ring (bicyclic) bond motifs is 3. The van der Waals surface area contributed by atoms with E-state index in [0.717, 1.165) is 42.5 Å². The van der Waals surface area contributed by atoms with Crippen molar-refractivity contribution in [2.45, 2.75) is 44.7 Å². The first-order valence-electron chi connectivity index (χ1n) is 11.1. The summed E-state index contributed by atoms with van der Waals surface area (Å²) < 4.78 is 3.22. The fraction of sp³-hybridized carbons (Fsp3) is 0.522. The molecule has 30 heavy (non-hydrogen) atoms. The van der Waals surface area contributed by atoms with Gasteiger partial charge in [0.05, 0.1) is 6.20 Å². The van der Waals surface area contributed by atoms with E-state index in [9.17, 15) is 9.59 Å². The molecular weight excluding hydrogens is 378 g/mol. The Hall–Kier alpha value is -2.67. The van der Waals surface area contributed by atoms with Gasteiger partial charge in [-0.2, -0.15) is 5.10 Å². The van der Waals surface area contributed by atoms with Gasteiger partial charge in [0.25, 0.3) is 5.56 Å². The van der Waals surface area contributed by atoms with E-state index in [1.54, 1.807) is 13.2 Å². The van der Waals surface area contributed by atoms with Crippen molar-refractivity contribution >= 4 is 27.7 Å². The minimum absolute atomic E-state index is 0.0832. The fourth-order valence-corrected chi connectivity index (χ4v) is 5.22. The van der Waals surface area contributed by atoms with Crippen LogP contribution in [0.5, 0.6) is 0 Å². The summed E-state index contributed by atoms with van der Waals surface area (Å²) in [6.45, 7) is 3.63. The van der Waals surface area contributed by atoms with Crippen molar-refractivity contribution < 1.29 is 4.79 Å². The monoisotopic (exact) mass is 407 g/mol. The zero-order valence-electron chi connectivity index (χ0n) is 17.6. The lowest BCUT2D eigenvalue weighted by Crippen LogP contribution is -2.52. The summed E-state index contributed by atoms with van der Waals surface area (Å²) in [6.07, 6.45) is 8.35. The maximum Gasteiger partial charge on any atom is 0.291 e. The maximum absolute atomic E-state index is 13.2. The highest BCUT2D eigenvalue weighted by Crippen LogP contribution is 2.27. The highest BCUT2D eigenvalue weighted by atomic mass is 16.2. The average Bonchev–Trinajstić information content (AvgIpc) is 3.11. The van der Waals surface area contributed by atoms with Gasteiger partial charge < -0.3 is 9.47 Å². The van der Waals surface area contributed by atoms with Crippen molar-refractivity contribution in [3.63, 3.8) is 0 Å². The van der Waals surface area contributed by atoms with Crippen LogP contribution < -0.4 is 5.56 Å². The van der Waals surface area contributed by atoms with Gasteiger partial charge in [-0.25, -0.2) is 4.68 Å².